The van der Waals surface area contributed by atoms with Crippen molar-refractivity contribution in [3.05, 3.63) is 12.3 Å². The number of carbonyl (C=O) groups is 2. The Morgan fingerprint density at radius 1 is 1.56 bits per heavy atom. The van der Waals surface area contributed by atoms with E-state index in [-0.39, 0.29) is 24.1 Å². The lowest BCUT2D eigenvalue weighted by molar-refractivity contribution is -0.136. The summed E-state index contributed by atoms with van der Waals surface area (Å²) in [4.78, 5) is 21.9. The molecule has 1 aromatic heterocycles. The smallest absolute Gasteiger partial charge is 0.304 e. The van der Waals surface area contributed by atoms with Crippen LogP contribution in [-0.4, -0.2) is 38.3 Å². The molecule has 0 fully saturated rings. The van der Waals surface area contributed by atoms with Crippen molar-refractivity contribution in [2.75, 3.05) is 16.8 Å². The molecule has 1 amide bonds. The van der Waals surface area contributed by atoms with Gasteiger partial charge in [-0.05, 0) is 13.8 Å². The fourth-order valence-electron chi connectivity index (χ4n) is 1.33. The van der Waals surface area contributed by atoms with Crippen molar-refractivity contribution in [1.82, 2.24) is 9.78 Å². The molecule has 0 saturated heterocycles. The lowest BCUT2D eigenvalue weighted by atomic mass is 10.4. The first kappa shape index (κ1) is 14.6. The van der Waals surface area contributed by atoms with Crippen LogP contribution >= 0.6 is 11.8 Å². The molecule has 0 radical (unpaired) electrons. The largest absolute Gasteiger partial charge is 0.481 e. The molecule has 6 nitrogen and oxygen atoms in total. The Hall–Kier alpha value is -1.50. The van der Waals surface area contributed by atoms with E-state index in [0.29, 0.717) is 11.6 Å². The predicted octanol–water partition coefficient (Wildman–Crippen LogP) is 1.61. The average molecular weight is 271 g/mol. The van der Waals surface area contributed by atoms with Crippen molar-refractivity contribution >= 4 is 29.5 Å². The fraction of sp³-hybridized carbons (Fsp3) is 0.545. The summed E-state index contributed by atoms with van der Waals surface area (Å²) in [6.07, 6.45) is 1.70. The molecule has 2 N–H and O–H groups in total. The van der Waals surface area contributed by atoms with E-state index in [1.165, 1.54) is 11.8 Å². The van der Waals surface area contributed by atoms with Crippen molar-refractivity contribution in [2.24, 2.45) is 0 Å². The standard InChI is InChI=1S/C11H17N3O3S/c1-8(2)14-9(3-5-12-14)13-10(15)7-18-6-4-11(16)17/h3,5,8H,4,6-7H2,1-2H3,(H,13,15)(H,16,17). The van der Waals surface area contributed by atoms with E-state index in [4.69, 9.17) is 5.11 Å². The van der Waals surface area contributed by atoms with E-state index in [1.807, 2.05) is 13.8 Å². The molecule has 0 bridgehead atoms. The zero-order chi connectivity index (χ0) is 13.5. The Bertz CT molecular complexity index is 417. The number of carboxylic acids is 1. The van der Waals surface area contributed by atoms with Gasteiger partial charge in [-0.3, -0.25) is 9.59 Å². The van der Waals surface area contributed by atoms with Crippen molar-refractivity contribution < 1.29 is 14.7 Å². The van der Waals surface area contributed by atoms with Gasteiger partial charge in [-0.2, -0.15) is 16.9 Å². The molecule has 1 rings (SSSR count). The van der Waals surface area contributed by atoms with Gasteiger partial charge in [-0.1, -0.05) is 0 Å². The number of anilines is 1. The molecule has 0 aromatic carbocycles. The Balaban J connectivity index is 2.35. The number of hydrogen-bond donors (Lipinski definition) is 2. The van der Waals surface area contributed by atoms with Crippen molar-refractivity contribution in [2.45, 2.75) is 26.3 Å². The summed E-state index contributed by atoms with van der Waals surface area (Å²) in [6, 6.07) is 1.91. The second kappa shape index (κ2) is 7.05. The summed E-state index contributed by atoms with van der Waals surface area (Å²) in [5.41, 5.74) is 0. The van der Waals surface area contributed by atoms with Gasteiger partial charge in [-0.25, -0.2) is 4.68 Å². The monoisotopic (exact) mass is 271 g/mol. The van der Waals surface area contributed by atoms with Crippen LogP contribution in [0.3, 0.4) is 0 Å². The van der Waals surface area contributed by atoms with Crippen LogP contribution in [0, 0.1) is 0 Å². The third-order valence-electron chi connectivity index (χ3n) is 2.12. The van der Waals surface area contributed by atoms with Gasteiger partial charge in [0.1, 0.15) is 5.82 Å². The Kier molecular flexibility index (Phi) is 5.70. The first-order chi connectivity index (χ1) is 8.50. The van der Waals surface area contributed by atoms with Crippen LogP contribution in [0.1, 0.15) is 26.3 Å². The van der Waals surface area contributed by atoms with Crippen LogP contribution in [0.15, 0.2) is 12.3 Å². The molecule has 0 aliphatic heterocycles. The summed E-state index contributed by atoms with van der Waals surface area (Å²) in [5, 5.41) is 15.3. The Labute approximate surface area is 110 Å². The number of hydrogen-bond acceptors (Lipinski definition) is 4. The summed E-state index contributed by atoms with van der Waals surface area (Å²) in [6.45, 7) is 3.95. The number of nitrogens with one attached hydrogen (secondary N) is 1. The van der Waals surface area contributed by atoms with E-state index in [2.05, 4.69) is 10.4 Å². The first-order valence-corrected chi connectivity index (χ1v) is 6.79. The number of aromatic nitrogens is 2. The minimum Gasteiger partial charge on any atom is -0.481 e. The number of nitrogens with zero attached hydrogens (tertiary/aromatic N) is 2. The lowest BCUT2D eigenvalue weighted by Gasteiger charge is -2.11. The van der Waals surface area contributed by atoms with Crippen LogP contribution in [0.5, 0.6) is 0 Å². The Morgan fingerprint density at radius 2 is 2.28 bits per heavy atom. The van der Waals surface area contributed by atoms with Gasteiger partial charge in [0.25, 0.3) is 0 Å². The highest BCUT2D eigenvalue weighted by atomic mass is 32.2. The van der Waals surface area contributed by atoms with Crippen molar-refractivity contribution in [3.63, 3.8) is 0 Å². The second-order valence-corrected chi connectivity index (χ2v) is 5.10. The maximum atomic E-state index is 11.6. The van der Waals surface area contributed by atoms with Crippen molar-refractivity contribution in [3.8, 4) is 0 Å². The van der Waals surface area contributed by atoms with Gasteiger partial charge in [-0.15, -0.1) is 0 Å². The highest BCUT2D eigenvalue weighted by molar-refractivity contribution is 7.99. The van der Waals surface area contributed by atoms with E-state index in [0.717, 1.165) is 0 Å². The van der Waals surface area contributed by atoms with Crippen molar-refractivity contribution in [1.29, 1.82) is 0 Å². The topological polar surface area (TPSA) is 84.2 Å². The number of amides is 1. The van der Waals surface area contributed by atoms with E-state index in [9.17, 15) is 9.59 Å². The molecule has 0 saturated carbocycles. The lowest BCUT2D eigenvalue weighted by Crippen LogP contribution is -2.18. The van der Waals surface area contributed by atoms with Crippen LogP contribution in [-0.2, 0) is 9.59 Å². The molecule has 0 aliphatic carbocycles. The maximum Gasteiger partial charge on any atom is 0.304 e. The molecular weight excluding hydrogens is 254 g/mol. The predicted molar refractivity (Wildman–Crippen MR) is 70.8 cm³/mol. The molecule has 0 aliphatic rings. The molecule has 1 heterocycles. The minimum atomic E-state index is -0.846. The van der Waals surface area contributed by atoms with Gasteiger partial charge in [0.15, 0.2) is 0 Å². The zero-order valence-corrected chi connectivity index (χ0v) is 11.2. The third kappa shape index (κ3) is 4.79. The van der Waals surface area contributed by atoms with E-state index < -0.39 is 5.97 Å². The van der Waals surface area contributed by atoms with Crippen LogP contribution in [0.4, 0.5) is 5.82 Å². The second-order valence-electron chi connectivity index (χ2n) is 4.00. The number of carbonyl (C=O) groups excluding carboxylic acids is 1. The fourth-order valence-corrected chi connectivity index (χ4v) is 2.05. The number of aliphatic carboxylic acids is 1. The van der Waals surface area contributed by atoms with E-state index >= 15 is 0 Å². The number of rotatable bonds is 7. The van der Waals surface area contributed by atoms with Crippen LogP contribution < -0.4 is 5.32 Å². The minimum absolute atomic E-state index is 0.0713. The van der Waals surface area contributed by atoms with Gasteiger partial charge >= 0.3 is 5.97 Å². The summed E-state index contributed by atoms with van der Waals surface area (Å²) in [5.74, 6) is 0.352. The molecule has 0 unspecified atom stereocenters. The summed E-state index contributed by atoms with van der Waals surface area (Å²) < 4.78 is 1.72. The highest BCUT2D eigenvalue weighted by Gasteiger charge is 2.09. The first-order valence-electron chi connectivity index (χ1n) is 5.63. The SMILES string of the molecule is CC(C)n1nccc1NC(=O)CSCCC(=O)O. The summed E-state index contributed by atoms with van der Waals surface area (Å²) in [7, 11) is 0. The molecule has 0 spiro atoms. The molecular formula is C11H17N3O3S. The van der Waals surface area contributed by atoms with Gasteiger partial charge in [0, 0.05) is 17.9 Å². The quantitative estimate of drug-likeness (QED) is 0.736. The maximum absolute atomic E-state index is 11.6. The molecule has 7 heteroatoms. The van der Waals surface area contributed by atoms with Crippen LogP contribution in [0.25, 0.3) is 0 Å². The van der Waals surface area contributed by atoms with Gasteiger partial charge < -0.3 is 10.4 Å². The third-order valence-corrected chi connectivity index (χ3v) is 3.08. The normalized spacial score (nSPS) is 10.6. The number of carboxylic acid groups (broad SMARTS) is 1. The van der Waals surface area contributed by atoms with Gasteiger partial charge in [0.2, 0.25) is 5.91 Å². The van der Waals surface area contributed by atoms with Gasteiger partial charge in [0.05, 0.1) is 18.4 Å². The molecule has 100 valence electrons. The molecule has 18 heavy (non-hydrogen) atoms. The van der Waals surface area contributed by atoms with E-state index in [1.54, 1.807) is 16.9 Å². The number of thioether (sulfide) groups is 1. The molecule has 1 aromatic rings. The Morgan fingerprint density at radius 3 is 2.89 bits per heavy atom. The summed E-state index contributed by atoms with van der Waals surface area (Å²) >= 11 is 1.30. The van der Waals surface area contributed by atoms with Crippen LogP contribution in [0.2, 0.25) is 0 Å². The molecule has 0 atom stereocenters. The average Bonchev–Trinajstić information content (AvgIpc) is 2.72. The highest BCUT2D eigenvalue weighted by Crippen LogP contribution is 2.13. The zero-order valence-electron chi connectivity index (χ0n) is 10.4.